The van der Waals surface area contributed by atoms with Crippen LogP contribution in [-0.4, -0.2) is 42.3 Å². The van der Waals surface area contributed by atoms with Gasteiger partial charge in [-0.2, -0.15) is 0 Å². The average molecular weight is 412 g/mol. The SMILES string of the molecule is CC(N)C(NC(=O)c1ccc(C#Cc2ccc(CNCCF)cc2)cc1)C(=O)NO. The van der Waals surface area contributed by atoms with Crippen molar-refractivity contribution in [2.45, 2.75) is 25.6 Å². The van der Waals surface area contributed by atoms with Crippen LogP contribution >= 0.6 is 0 Å². The van der Waals surface area contributed by atoms with Crippen LogP contribution in [0, 0.1) is 11.8 Å². The number of amides is 2. The first-order chi connectivity index (χ1) is 14.4. The van der Waals surface area contributed by atoms with Crippen molar-refractivity contribution in [1.82, 2.24) is 16.1 Å². The van der Waals surface area contributed by atoms with Gasteiger partial charge in [0.2, 0.25) is 0 Å². The molecule has 6 N–H and O–H groups in total. The number of nitrogens with one attached hydrogen (secondary N) is 3. The molecule has 0 saturated heterocycles. The smallest absolute Gasteiger partial charge is 0.267 e. The molecule has 0 fully saturated rings. The summed E-state index contributed by atoms with van der Waals surface area (Å²) in [4.78, 5) is 23.9. The van der Waals surface area contributed by atoms with E-state index in [1.54, 1.807) is 31.2 Å². The third-order valence-electron chi connectivity index (χ3n) is 4.26. The van der Waals surface area contributed by atoms with Gasteiger partial charge >= 0.3 is 0 Å². The average Bonchev–Trinajstić information content (AvgIpc) is 2.76. The lowest BCUT2D eigenvalue weighted by molar-refractivity contribution is -0.131. The fraction of sp³-hybridized carbons (Fsp3) is 0.273. The number of rotatable bonds is 8. The highest BCUT2D eigenvalue weighted by atomic mass is 19.1. The van der Waals surface area contributed by atoms with E-state index >= 15 is 0 Å². The lowest BCUT2D eigenvalue weighted by Gasteiger charge is -2.20. The molecule has 30 heavy (non-hydrogen) atoms. The van der Waals surface area contributed by atoms with E-state index in [2.05, 4.69) is 22.5 Å². The number of benzene rings is 2. The van der Waals surface area contributed by atoms with E-state index in [1.807, 2.05) is 24.3 Å². The van der Waals surface area contributed by atoms with Crippen molar-refractivity contribution in [1.29, 1.82) is 0 Å². The Morgan fingerprint density at radius 1 is 1.07 bits per heavy atom. The summed E-state index contributed by atoms with van der Waals surface area (Å²) in [6.07, 6.45) is 0. The normalized spacial score (nSPS) is 12.3. The van der Waals surface area contributed by atoms with Crippen LogP contribution in [0.4, 0.5) is 4.39 Å². The molecular formula is C22H25FN4O3. The molecule has 0 aliphatic rings. The van der Waals surface area contributed by atoms with Gasteiger partial charge in [0.1, 0.15) is 12.7 Å². The maximum absolute atomic E-state index is 12.3. The summed E-state index contributed by atoms with van der Waals surface area (Å²) in [6.45, 7) is 2.09. The summed E-state index contributed by atoms with van der Waals surface area (Å²) in [6, 6.07) is 12.5. The molecule has 0 radical (unpaired) electrons. The Morgan fingerprint density at radius 2 is 1.63 bits per heavy atom. The van der Waals surface area contributed by atoms with Gasteiger partial charge < -0.3 is 16.4 Å². The number of hydrogen-bond donors (Lipinski definition) is 5. The van der Waals surface area contributed by atoms with Crippen LogP contribution in [0.2, 0.25) is 0 Å². The van der Waals surface area contributed by atoms with E-state index in [4.69, 9.17) is 10.9 Å². The first-order valence-electron chi connectivity index (χ1n) is 9.42. The van der Waals surface area contributed by atoms with Crippen molar-refractivity contribution < 1.29 is 19.2 Å². The van der Waals surface area contributed by atoms with Gasteiger partial charge in [-0.15, -0.1) is 0 Å². The summed E-state index contributed by atoms with van der Waals surface area (Å²) >= 11 is 0. The monoisotopic (exact) mass is 412 g/mol. The Balaban J connectivity index is 1.99. The van der Waals surface area contributed by atoms with Gasteiger partial charge in [-0.1, -0.05) is 24.0 Å². The number of carbonyl (C=O) groups is 2. The van der Waals surface area contributed by atoms with E-state index in [0.29, 0.717) is 18.7 Å². The molecule has 2 amide bonds. The topological polar surface area (TPSA) is 116 Å². The van der Waals surface area contributed by atoms with Crippen LogP contribution in [0.1, 0.15) is 34.0 Å². The fourth-order valence-corrected chi connectivity index (χ4v) is 2.58. The van der Waals surface area contributed by atoms with Crippen molar-refractivity contribution in [3.05, 3.63) is 70.8 Å². The molecule has 0 saturated carbocycles. The van der Waals surface area contributed by atoms with E-state index in [-0.39, 0.29) is 0 Å². The predicted octanol–water partition coefficient (Wildman–Crippen LogP) is 1.10. The van der Waals surface area contributed by atoms with Gasteiger partial charge in [0.05, 0.1) is 0 Å². The minimum absolute atomic E-state index is 0.329. The number of halogens is 1. The molecule has 2 rings (SSSR count). The summed E-state index contributed by atoms with van der Waals surface area (Å²) in [5, 5.41) is 14.2. The quantitative estimate of drug-likeness (QED) is 0.193. The molecule has 0 bridgehead atoms. The molecule has 8 heteroatoms. The van der Waals surface area contributed by atoms with E-state index in [1.165, 1.54) is 5.48 Å². The minimum atomic E-state index is -1.06. The number of carbonyl (C=O) groups excluding carboxylic acids is 2. The molecule has 158 valence electrons. The van der Waals surface area contributed by atoms with Crippen molar-refractivity contribution in [3.63, 3.8) is 0 Å². The van der Waals surface area contributed by atoms with E-state index in [9.17, 15) is 14.0 Å². The van der Waals surface area contributed by atoms with Gasteiger partial charge in [0.25, 0.3) is 11.8 Å². The highest BCUT2D eigenvalue weighted by Gasteiger charge is 2.24. The number of hydroxylamine groups is 1. The lowest BCUT2D eigenvalue weighted by Crippen LogP contribution is -2.54. The largest absolute Gasteiger partial charge is 0.339 e. The fourth-order valence-electron chi connectivity index (χ4n) is 2.58. The Morgan fingerprint density at radius 3 is 2.13 bits per heavy atom. The third kappa shape index (κ3) is 6.97. The van der Waals surface area contributed by atoms with Crippen LogP contribution in [0.25, 0.3) is 0 Å². The van der Waals surface area contributed by atoms with Gasteiger partial charge in [0.15, 0.2) is 0 Å². The molecule has 0 aliphatic heterocycles. The Kier molecular flexibility index (Phi) is 8.97. The third-order valence-corrected chi connectivity index (χ3v) is 4.26. The van der Waals surface area contributed by atoms with Crippen LogP contribution in [0.5, 0.6) is 0 Å². The van der Waals surface area contributed by atoms with Crippen LogP contribution in [-0.2, 0) is 11.3 Å². The Bertz CT molecular complexity index is 903. The molecule has 2 atom stereocenters. The second kappa shape index (κ2) is 11.7. The van der Waals surface area contributed by atoms with Crippen molar-refractivity contribution >= 4 is 11.8 Å². The molecule has 2 aromatic rings. The highest BCUT2D eigenvalue weighted by molar-refractivity contribution is 5.97. The molecule has 0 heterocycles. The zero-order valence-corrected chi connectivity index (χ0v) is 16.6. The number of nitrogens with two attached hydrogens (primary N) is 1. The molecule has 0 aromatic heterocycles. The summed E-state index contributed by atoms with van der Waals surface area (Å²) in [7, 11) is 0. The maximum atomic E-state index is 12.3. The maximum Gasteiger partial charge on any atom is 0.267 e. The van der Waals surface area contributed by atoms with Crippen LogP contribution in [0.3, 0.4) is 0 Å². The first kappa shape index (κ1) is 23.0. The van der Waals surface area contributed by atoms with Crippen LogP contribution < -0.4 is 21.8 Å². The van der Waals surface area contributed by atoms with E-state index in [0.717, 1.165) is 16.7 Å². The number of hydrogen-bond acceptors (Lipinski definition) is 5. The molecule has 7 nitrogen and oxygen atoms in total. The van der Waals surface area contributed by atoms with E-state index < -0.39 is 30.6 Å². The predicted molar refractivity (Wildman–Crippen MR) is 111 cm³/mol. The van der Waals surface area contributed by atoms with Gasteiger partial charge in [-0.3, -0.25) is 14.8 Å². The van der Waals surface area contributed by atoms with Crippen molar-refractivity contribution in [3.8, 4) is 11.8 Å². The summed E-state index contributed by atoms with van der Waals surface area (Å²) < 4.78 is 12.1. The summed E-state index contributed by atoms with van der Waals surface area (Å²) in [5.41, 5.74) is 10.1. The second-order valence-electron chi connectivity index (χ2n) is 6.68. The zero-order chi connectivity index (χ0) is 21.9. The standard InChI is InChI=1S/C22H25FN4O3/c1-15(24)20(22(29)27-30)26-21(28)19-10-8-17(9-11-19)3-2-16-4-6-18(7-5-16)14-25-13-12-23/h4-11,15,20,25,30H,12-14,24H2,1H3,(H,26,28)(H,27,29). The molecular weight excluding hydrogens is 387 g/mol. The van der Waals surface area contributed by atoms with Gasteiger partial charge in [0, 0.05) is 35.8 Å². The highest BCUT2D eigenvalue weighted by Crippen LogP contribution is 2.07. The lowest BCUT2D eigenvalue weighted by atomic mass is 10.1. The number of alkyl halides is 1. The van der Waals surface area contributed by atoms with Crippen molar-refractivity contribution in [2.75, 3.05) is 13.2 Å². The zero-order valence-electron chi connectivity index (χ0n) is 16.6. The summed E-state index contributed by atoms with van der Waals surface area (Å²) in [5.74, 6) is 4.79. The Labute approximate surface area is 174 Å². The van der Waals surface area contributed by atoms with Crippen LogP contribution in [0.15, 0.2) is 48.5 Å². The second-order valence-corrected chi connectivity index (χ2v) is 6.68. The first-order valence-corrected chi connectivity index (χ1v) is 9.42. The Hall–Kier alpha value is -3.25. The molecule has 0 spiro atoms. The minimum Gasteiger partial charge on any atom is -0.339 e. The van der Waals surface area contributed by atoms with Gasteiger partial charge in [-0.05, 0) is 48.9 Å². The molecule has 0 aliphatic carbocycles. The van der Waals surface area contributed by atoms with Crippen molar-refractivity contribution in [2.24, 2.45) is 5.73 Å². The van der Waals surface area contributed by atoms with Gasteiger partial charge in [-0.25, -0.2) is 9.87 Å². The molecule has 2 aromatic carbocycles. The molecule has 2 unspecified atom stereocenters.